The van der Waals surface area contributed by atoms with Gasteiger partial charge in [-0.3, -0.25) is 9.58 Å². The number of rotatable bonds is 5. The van der Waals surface area contributed by atoms with Gasteiger partial charge in [0.1, 0.15) is 0 Å². The van der Waals surface area contributed by atoms with Crippen molar-refractivity contribution >= 4 is 16.0 Å². The van der Waals surface area contributed by atoms with Gasteiger partial charge in [-0.05, 0) is 24.8 Å². The Labute approximate surface area is 166 Å². The minimum atomic E-state index is -5.08. The van der Waals surface area contributed by atoms with Gasteiger partial charge in [-0.25, -0.2) is 17.9 Å². The maximum Gasteiger partial charge on any atom is 0.490 e. The number of aromatic nitrogens is 2. The summed E-state index contributed by atoms with van der Waals surface area (Å²) in [5.74, 6) is -2.08. The Kier molecular flexibility index (Phi) is 8.02. The number of aliphatic carboxylic acids is 1. The Morgan fingerprint density at radius 3 is 2.55 bits per heavy atom. The number of hydrogen-bond acceptors (Lipinski definition) is 6. The van der Waals surface area contributed by atoms with Gasteiger partial charge in [0.2, 0.25) is 10.0 Å². The average molecular weight is 442 g/mol. The molecule has 1 atom stereocenters. The summed E-state index contributed by atoms with van der Waals surface area (Å²) in [5, 5.41) is 11.5. The number of nitrogens with one attached hydrogen (secondary N) is 1. The minimum Gasteiger partial charge on any atom is -0.475 e. The fourth-order valence-corrected chi connectivity index (χ4v) is 3.79. The predicted molar refractivity (Wildman–Crippen MR) is 96.6 cm³/mol. The molecular formula is C16H25F3N4O5S. The largest absolute Gasteiger partial charge is 0.490 e. The quantitative estimate of drug-likeness (QED) is 0.695. The van der Waals surface area contributed by atoms with Crippen molar-refractivity contribution in [1.82, 2.24) is 19.4 Å². The molecule has 1 unspecified atom stereocenters. The van der Waals surface area contributed by atoms with Crippen molar-refractivity contribution in [2.75, 3.05) is 39.1 Å². The second-order valence-electron chi connectivity index (χ2n) is 7.09. The number of carboxylic acids is 1. The number of alkyl halides is 3. The maximum absolute atomic E-state index is 11.4. The van der Waals surface area contributed by atoms with Gasteiger partial charge in [-0.15, -0.1) is 0 Å². The molecule has 0 aliphatic carbocycles. The summed E-state index contributed by atoms with van der Waals surface area (Å²) in [4.78, 5) is 11.3. The number of hydrogen-bond donors (Lipinski definition) is 2. The molecule has 166 valence electrons. The van der Waals surface area contributed by atoms with Crippen LogP contribution in [0.4, 0.5) is 13.2 Å². The fourth-order valence-electron chi connectivity index (χ4n) is 3.30. The van der Waals surface area contributed by atoms with Crippen LogP contribution in [0.1, 0.15) is 24.6 Å². The molecule has 0 radical (unpaired) electrons. The highest BCUT2D eigenvalue weighted by atomic mass is 32.2. The van der Waals surface area contributed by atoms with Crippen LogP contribution in [-0.4, -0.2) is 79.5 Å². The van der Waals surface area contributed by atoms with Crippen LogP contribution in [0, 0.1) is 5.92 Å². The van der Waals surface area contributed by atoms with Crippen molar-refractivity contribution < 1.29 is 36.2 Å². The number of carboxylic acid groups (broad SMARTS) is 1. The Morgan fingerprint density at radius 1 is 1.38 bits per heavy atom. The molecule has 3 rings (SSSR count). The molecule has 1 fully saturated rings. The highest BCUT2D eigenvalue weighted by Gasteiger charge is 2.38. The van der Waals surface area contributed by atoms with E-state index >= 15 is 0 Å². The molecule has 0 saturated carbocycles. The van der Waals surface area contributed by atoms with Crippen LogP contribution in [0.15, 0.2) is 12.3 Å². The summed E-state index contributed by atoms with van der Waals surface area (Å²) in [5.41, 5.74) is 1.15. The van der Waals surface area contributed by atoms with Crippen molar-refractivity contribution in [3.63, 3.8) is 0 Å². The van der Waals surface area contributed by atoms with Crippen LogP contribution in [-0.2, 0) is 26.1 Å². The molecule has 0 bridgehead atoms. The molecule has 9 nitrogen and oxygen atoms in total. The van der Waals surface area contributed by atoms with Gasteiger partial charge in [-0.2, -0.15) is 18.3 Å². The van der Waals surface area contributed by atoms with E-state index in [-0.39, 0.29) is 6.04 Å². The molecule has 1 aromatic rings. The van der Waals surface area contributed by atoms with Gasteiger partial charge in [0.05, 0.1) is 18.0 Å². The first-order valence-corrected chi connectivity index (χ1v) is 10.9. The topological polar surface area (TPSA) is 114 Å². The SMILES string of the molecule is CS(=O)(=O)NCC1CN(CC2CCOCC2)Cc2ccnn21.O=C(O)C(F)(F)F. The first-order chi connectivity index (χ1) is 13.5. The lowest BCUT2D eigenvalue weighted by atomic mass is 9.99. The molecule has 0 amide bonds. The number of sulfonamides is 1. The molecule has 0 spiro atoms. The molecule has 1 aromatic heterocycles. The van der Waals surface area contributed by atoms with Crippen LogP contribution >= 0.6 is 0 Å². The van der Waals surface area contributed by atoms with Crippen molar-refractivity contribution in [2.45, 2.75) is 31.6 Å². The zero-order valence-electron chi connectivity index (χ0n) is 15.9. The molecule has 2 aliphatic rings. The Hall–Kier alpha value is -1.70. The van der Waals surface area contributed by atoms with Gasteiger partial charge in [0.15, 0.2) is 0 Å². The number of carbonyl (C=O) groups is 1. The first kappa shape index (κ1) is 23.6. The Balaban J connectivity index is 0.000000370. The lowest BCUT2D eigenvalue weighted by Crippen LogP contribution is -2.44. The zero-order chi connectivity index (χ0) is 21.7. The Bertz CT molecular complexity index is 778. The molecule has 2 aliphatic heterocycles. The summed E-state index contributed by atoms with van der Waals surface area (Å²) in [6.45, 7) is 4.86. The fraction of sp³-hybridized carbons (Fsp3) is 0.750. The predicted octanol–water partition coefficient (Wildman–Crippen LogP) is 0.849. The van der Waals surface area contributed by atoms with Crippen LogP contribution < -0.4 is 4.72 Å². The third kappa shape index (κ3) is 7.91. The first-order valence-electron chi connectivity index (χ1n) is 9.03. The summed E-state index contributed by atoms with van der Waals surface area (Å²) >= 11 is 0. The molecule has 13 heteroatoms. The molecule has 2 N–H and O–H groups in total. The van der Waals surface area contributed by atoms with Gasteiger partial charge in [-0.1, -0.05) is 0 Å². The van der Waals surface area contributed by atoms with E-state index < -0.39 is 22.2 Å². The van der Waals surface area contributed by atoms with Gasteiger partial charge in [0.25, 0.3) is 0 Å². The summed E-state index contributed by atoms with van der Waals surface area (Å²) < 4.78 is 64.4. The average Bonchev–Trinajstić information content (AvgIpc) is 3.08. The number of ether oxygens (including phenoxy) is 1. The van der Waals surface area contributed by atoms with E-state index in [9.17, 15) is 21.6 Å². The van der Waals surface area contributed by atoms with E-state index in [4.69, 9.17) is 14.6 Å². The van der Waals surface area contributed by atoms with E-state index in [1.807, 2.05) is 10.7 Å². The highest BCUT2D eigenvalue weighted by Crippen LogP contribution is 2.23. The summed E-state index contributed by atoms with van der Waals surface area (Å²) in [6.07, 6.45) is 0.129. The van der Waals surface area contributed by atoms with E-state index in [0.717, 1.165) is 51.4 Å². The third-order valence-corrected chi connectivity index (χ3v) is 5.32. The van der Waals surface area contributed by atoms with E-state index in [2.05, 4.69) is 14.7 Å². The minimum absolute atomic E-state index is 0.0494. The zero-order valence-corrected chi connectivity index (χ0v) is 16.7. The van der Waals surface area contributed by atoms with Gasteiger partial charge < -0.3 is 9.84 Å². The molecule has 1 saturated heterocycles. The van der Waals surface area contributed by atoms with Crippen molar-refractivity contribution in [3.8, 4) is 0 Å². The smallest absolute Gasteiger partial charge is 0.475 e. The second kappa shape index (κ2) is 9.87. The number of nitrogens with zero attached hydrogens (tertiary/aromatic N) is 3. The summed E-state index contributed by atoms with van der Waals surface area (Å²) in [7, 11) is -3.18. The lowest BCUT2D eigenvalue weighted by molar-refractivity contribution is -0.192. The van der Waals surface area contributed by atoms with Crippen molar-refractivity contribution in [1.29, 1.82) is 0 Å². The monoisotopic (exact) mass is 442 g/mol. The highest BCUT2D eigenvalue weighted by molar-refractivity contribution is 7.88. The maximum atomic E-state index is 11.4. The second-order valence-corrected chi connectivity index (χ2v) is 8.93. The van der Waals surface area contributed by atoms with E-state index in [1.54, 1.807) is 6.20 Å². The standard InChI is InChI=1S/C14H24N4O3S.C2HF3O2/c1-22(19,20)16-8-14-11-17(9-12-3-6-21-7-4-12)10-13-2-5-15-18(13)14;3-2(4,5)1(6)7/h2,5,12,14,16H,3-4,6-11H2,1H3;(H,6,7). The molecule has 3 heterocycles. The number of fused-ring (bicyclic) bond motifs is 1. The normalized spacial score (nSPS) is 21.2. The van der Waals surface area contributed by atoms with E-state index in [1.165, 1.54) is 6.26 Å². The Morgan fingerprint density at radius 2 is 2.00 bits per heavy atom. The van der Waals surface area contributed by atoms with Crippen LogP contribution in [0.2, 0.25) is 0 Å². The molecule has 0 aromatic carbocycles. The van der Waals surface area contributed by atoms with Gasteiger partial charge >= 0.3 is 12.1 Å². The lowest BCUT2D eigenvalue weighted by Gasteiger charge is -2.36. The van der Waals surface area contributed by atoms with Crippen LogP contribution in [0.25, 0.3) is 0 Å². The summed E-state index contributed by atoms with van der Waals surface area (Å²) in [6, 6.07) is 2.07. The number of halogens is 3. The van der Waals surface area contributed by atoms with Crippen LogP contribution in [0.5, 0.6) is 0 Å². The molecular weight excluding hydrogens is 417 g/mol. The third-order valence-electron chi connectivity index (χ3n) is 4.63. The van der Waals surface area contributed by atoms with Crippen LogP contribution in [0.3, 0.4) is 0 Å². The van der Waals surface area contributed by atoms with Crippen molar-refractivity contribution in [3.05, 3.63) is 18.0 Å². The van der Waals surface area contributed by atoms with Crippen molar-refractivity contribution in [2.24, 2.45) is 5.92 Å². The van der Waals surface area contributed by atoms with E-state index in [0.29, 0.717) is 12.5 Å². The molecule has 29 heavy (non-hydrogen) atoms. The van der Waals surface area contributed by atoms with Gasteiger partial charge in [0, 0.05) is 45.6 Å².